The highest BCUT2D eigenvalue weighted by atomic mass is 16.5. The van der Waals surface area contributed by atoms with Gasteiger partial charge in [-0.3, -0.25) is 9.48 Å². The van der Waals surface area contributed by atoms with Gasteiger partial charge >= 0.3 is 0 Å². The van der Waals surface area contributed by atoms with Crippen LogP contribution >= 0.6 is 0 Å². The quantitative estimate of drug-likeness (QED) is 0.527. The molecule has 0 bridgehead atoms. The van der Waals surface area contributed by atoms with E-state index >= 15 is 0 Å². The third kappa shape index (κ3) is 4.72. The van der Waals surface area contributed by atoms with Crippen molar-refractivity contribution in [3.05, 3.63) is 47.5 Å². The van der Waals surface area contributed by atoms with Crippen molar-refractivity contribution in [2.45, 2.75) is 39.1 Å². The number of anilines is 3. The van der Waals surface area contributed by atoms with Gasteiger partial charge in [-0.2, -0.15) is 10.1 Å². The summed E-state index contributed by atoms with van der Waals surface area (Å²) in [6, 6.07) is 3.34. The Balaban J connectivity index is 1.46. The van der Waals surface area contributed by atoms with E-state index in [1.54, 1.807) is 26.6 Å². The lowest BCUT2D eigenvalue weighted by atomic mass is 10.1. The molecule has 2 atom stereocenters. The zero-order chi connectivity index (χ0) is 23.5. The third-order valence-electron chi connectivity index (χ3n) is 5.65. The number of nitrogens with one attached hydrogen (secondary N) is 2. The summed E-state index contributed by atoms with van der Waals surface area (Å²) in [6.45, 7) is 4.82. The van der Waals surface area contributed by atoms with Crippen molar-refractivity contribution in [1.82, 2.24) is 24.7 Å². The number of rotatable bonds is 8. The maximum Gasteiger partial charge on any atom is 0.249 e. The first-order valence-electron chi connectivity index (χ1n) is 10.6. The summed E-state index contributed by atoms with van der Waals surface area (Å²) in [5.41, 5.74) is 3.34. The van der Waals surface area contributed by atoms with Crippen LogP contribution in [-0.4, -0.2) is 64.1 Å². The van der Waals surface area contributed by atoms with Gasteiger partial charge in [0, 0.05) is 44.7 Å². The molecule has 33 heavy (non-hydrogen) atoms. The van der Waals surface area contributed by atoms with E-state index in [2.05, 4.69) is 30.7 Å². The number of ether oxygens (including phenoxy) is 2. The van der Waals surface area contributed by atoms with Crippen LogP contribution in [0.3, 0.4) is 0 Å². The Bertz CT molecular complexity index is 1150. The van der Waals surface area contributed by atoms with E-state index in [4.69, 9.17) is 9.47 Å². The van der Waals surface area contributed by atoms with Gasteiger partial charge in [-0.1, -0.05) is 0 Å². The summed E-state index contributed by atoms with van der Waals surface area (Å²) in [4.78, 5) is 27.7. The van der Waals surface area contributed by atoms with Crippen LogP contribution in [0.2, 0.25) is 0 Å². The van der Waals surface area contributed by atoms with Crippen molar-refractivity contribution in [2.75, 3.05) is 36.8 Å². The molecule has 0 saturated heterocycles. The molecule has 4 heterocycles. The molecular weight excluding hydrogens is 424 g/mol. The number of pyridine rings is 1. The summed E-state index contributed by atoms with van der Waals surface area (Å²) in [6.07, 6.45) is 5.20. The van der Waals surface area contributed by atoms with E-state index in [0.717, 1.165) is 11.1 Å². The number of aromatic nitrogens is 5. The molecular formula is C22H28N8O3. The number of amides is 1. The van der Waals surface area contributed by atoms with Crippen molar-refractivity contribution >= 4 is 23.4 Å². The van der Waals surface area contributed by atoms with E-state index in [9.17, 15) is 4.79 Å². The van der Waals surface area contributed by atoms with Crippen molar-refractivity contribution in [2.24, 2.45) is 0 Å². The molecule has 11 nitrogen and oxygen atoms in total. The lowest BCUT2D eigenvalue weighted by Crippen LogP contribution is -2.53. The lowest BCUT2D eigenvalue weighted by Gasteiger charge is -2.37. The predicted molar refractivity (Wildman–Crippen MR) is 124 cm³/mol. The van der Waals surface area contributed by atoms with Gasteiger partial charge in [-0.05, 0) is 25.5 Å². The zero-order valence-corrected chi connectivity index (χ0v) is 19.4. The SMILES string of the molecule is COc1cc(Cn2cc(CNc3nc(C)c4c(n3)N(C)C([C@@H](C)OC)C(=O)N4)cn2)ccn1. The van der Waals surface area contributed by atoms with Gasteiger partial charge in [0.25, 0.3) is 0 Å². The second-order valence-electron chi connectivity index (χ2n) is 7.92. The summed E-state index contributed by atoms with van der Waals surface area (Å²) < 4.78 is 12.4. The Labute approximate surface area is 192 Å². The van der Waals surface area contributed by atoms with E-state index in [1.807, 2.05) is 48.8 Å². The first-order chi connectivity index (χ1) is 15.9. The summed E-state index contributed by atoms with van der Waals surface area (Å²) in [7, 11) is 5.02. The van der Waals surface area contributed by atoms with Gasteiger partial charge in [-0.15, -0.1) is 0 Å². The molecule has 174 valence electrons. The van der Waals surface area contributed by atoms with Crippen molar-refractivity contribution in [1.29, 1.82) is 0 Å². The Morgan fingerprint density at radius 1 is 1.27 bits per heavy atom. The average Bonchev–Trinajstić information content (AvgIpc) is 3.25. The molecule has 4 rings (SSSR count). The Morgan fingerprint density at radius 2 is 2.09 bits per heavy atom. The first-order valence-corrected chi connectivity index (χ1v) is 10.6. The second kappa shape index (κ2) is 9.41. The van der Waals surface area contributed by atoms with Gasteiger partial charge in [0.05, 0.1) is 31.6 Å². The lowest BCUT2D eigenvalue weighted by molar-refractivity contribution is -0.120. The molecule has 2 N–H and O–H groups in total. The molecule has 0 fully saturated rings. The second-order valence-corrected chi connectivity index (χ2v) is 7.92. The van der Waals surface area contributed by atoms with Crippen LogP contribution < -0.4 is 20.3 Å². The molecule has 1 aliphatic rings. The summed E-state index contributed by atoms with van der Waals surface area (Å²) in [5.74, 6) is 1.57. The Morgan fingerprint density at radius 3 is 2.85 bits per heavy atom. The fourth-order valence-corrected chi connectivity index (χ4v) is 3.81. The van der Waals surface area contributed by atoms with E-state index in [-0.39, 0.29) is 12.0 Å². The molecule has 3 aromatic heterocycles. The van der Waals surface area contributed by atoms with Crippen molar-refractivity contribution in [3.63, 3.8) is 0 Å². The van der Waals surface area contributed by atoms with Crippen LogP contribution in [0.4, 0.5) is 17.5 Å². The van der Waals surface area contributed by atoms with Crippen molar-refractivity contribution in [3.8, 4) is 5.88 Å². The number of likely N-dealkylation sites (N-methyl/N-ethyl adjacent to an activating group) is 1. The average molecular weight is 453 g/mol. The maximum atomic E-state index is 12.6. The molecule has 1 amide bonds. The molecule has 0 aromatic carbocycles. The van der Waals surface area contributed by atoms with Gasteiger partial charge < -0.3 is 25.0 Å². The highest BCUT2D eigenvalue weighted by Crippen LogP contribution is 2.33. The normalized spacial score (nSPS) is 16.2. The van der Waals surface area contributed by atoms with Gasteiger partial charge in [0.1, 0.15) is 11.7 Å². The first kappa shape index (κ1) is 22.5. The fraction of sp³-hybridized carbons (Fsp3) is 0.409. The standard InChI is InChI=1S/C22H28N8O3/c1-13-18-20(29(3)19(14(2)32-4)21(31)27-18)28-22(26-13)24-9-16-10-25-30(12-16)11-15-6-7-23-17(8-15)33-5/h6-8,10,12,14,19H,9,11H2,1-5H3,(H,27,31)(H,24,26,28)/t14-,19?/m1/s1. The van der Waals surface area contributed by atoms with Crippen LogP contribution in [0.1, 0.15) is 23.7 Å². The van der Waals surface area contributed by atoms with E-state index in [0.29, 0.717) is 42.1 Å². The minimum absolute atomic E-state index is 0.133. The Hall–Kier alpha value is -3.73. The number of aryl methyl sites for hydroxylation is 1. The monoisotopic (exact) mass is 452 g/mol. The highest BCUT2D eigenvalue weighted by molar-refractivity contribution is 6.03. The molecule has 0 spiro atoms. The van der Waals surface area contributed by atoms with Crippen LogP contribution in [0.15, 0.2) is 30.7 Å². The fourth-order valence-electron chi connectivity index (χ4n) is 3.81. The molecule has 0 radical (unpaired) electrons. The number of hydrogen-bond donors (Lipinski definition) is 2. The molecule has 11 heteroatoms. The molecule has 1 aliphatic heterocycles. The minimum Gasteiger partial charge on any atom is -0.481 e. The largest absolute Gasteiger partial charge is 0.481 e. The Kier molecular flexibility index (Phi) is 6.40. The number of carbonyl (C=O) groups is 1. The van der Waals surface area contributed by atoms with Crippen LogP contribution in [0.25, 0.3) is 0 Å². The third-order valence-corrected chi connectivity index (χ3v) is 5.65. The molecule has 1 unspecified atom stereocenters. The number of nitrogens with zero attached hydrogens (tertiary/aromatic N) is 6. The van der Waals surface area contributed by atoms with E-state index < -0.39 is 6.04 Å². The highest BCUT2D eigenvalue weighted by Gasteiger charge is 2.37. The molecule has 3 aromatic rings. The number of methoxy groups -OCH3 is 2. The van der Waals surface area contributed by atoms with Crippen LogP contribution in [0, 0.1) is 6.92 Å². The molecule has 0 aliphatic carbocycles. The number of fused-ring (bicyclic) bond motifs is 1. The van der Waals surface area contributed by atoms with Crippen molar-refractivity contribution < 1.29 is 14.3 Å². The summed E-state index contributed by atoms with van der Waals surface area (Å²) >= 11 is 0. The number of carbonyl (C=O) groups excluding carboxylic acids is 1. The van der Waals surface area contributed by atoms with Gasteiger partial charge in [0.15, 0.2) is 5.82 Å². The van der Waals surface area contributed by atoms with E-state index in [1.165, 1.54) is 0 Å². The smallest absolute Gasteiger partial charge is 0.249 e. The van der Waals surface area contributed by atoms with Crippen LogP contribution in [0.5, 0.6) is 5.88 Å². The van der Waals surface area contributed by atoms with Crippen LogP contribution in [-0.2, 0) is 22.6 Å². The van der Waals surface area contributed by atoms with Gasteiger partial charge in [0.2, 0.25) is 17.7 Å². The summed E-state index contributed by atoms with van der Waals surface area (Å²) in [5, 5.41) is 10.6. The van der Waals surface area contributed by atoms with Gasteiger partial charge in [-0.25, -0.2) is 9.97 Å². The predicted octanol–water partition coefficient (Wildman–Crippen LogP) is 1.84. The topological polar surface area (TPSA) is 119 Å². The maximum absolute atomic E-state index is 12.6. The number of hydrogen-bond acceptors (Lipinski definition) is 9. The molecule has 0 saturated carbocycles. The minimum atomic E-state index is -0.477. The zero-order valence-electron chi connectivity index (χ0n) is 19.4.